The maximum atomic E-state index is 5.88. The lowest BCUT2D eigenvalue weighted by atomic mass is 9.83. The molecule has 53 heavy (non-hydrogen) atoms. The van der Waals surface area contributed by atoms with Crippen LogP contribution in [0.3, 0.4) is 0 Å². The van der Waals surface area contributed by atoms with Crippen LogP contribution >= 0.6 is 0 Å². The molecule has 6 heteroatoms. The molecule has 0 fully saturated rings. The van der Waals surface area contributed by atoms with Crippen molar-refractivity contribution >= 4 is 49.2 Å². The average molecular weight is 685 g/mol. The molecule has 0 bridgehead atoms. The highest BCUT2D eigenvalue weighted by Gasteiger charge is 2.26. The highest BCUT2D eigenvalue weighted by Crippen LogP contribution is 2.45. The Kier molecular flexibility index (Phi) is 7.29. The number of aryl methyl sites for hydroxylation is 2. The predicted octanol–water partition coefficient (Wildman–Crippen LogP) is 10.8. The van der Waals surface area contributed by atoms with E-state index in [0.29, 0.717) is 0 Å². The Labute approximate surface area is 307 Å². The predicted molar refractivity (Wildman–Crippen MR) is 218 cm³/mol. The number of benzene rings is 4. The van der Waals surface area contributed by atoms with Crippen molar-refractivity contribution in [1.82, 2.24) is 24.1 Å². The van der Waals surface area contributed by atoms with Gasteiger partial charge in [-0.05, 0) is 149 Å². The van der Waals surface area contributed by atoms with Crippen molar-refractivity contribution in [3.8, 4) is 33.9 Å². The highest BCUT2D eigenvalue weighted by atomic mass is 15.1. The van der Waals surface area contributed by atoms with Crippen LogP contribution in [0.4, 0.5) is 0 Å². The number of pyridine rings is 3. The molecule has 0 atom stereocenters. The fraction of sp³-hybridized carbons (Fsp3) is 0.0851. The lowest BCUT2D eigenvalue weighted by Crippen LogP contribution is -2.07. The van der Waals surface area contributed by atoms with E-state index in [0.717, 1.165) is 64.1 Å². The van der Waals surface area contributed by atoms with E-state index in [1.165, 1.54) is 54.9 Å². The maximum absolute atomic E-state index is 5.88. The summed E-state index contributed by atoms with van der Waals surface area (Å²) in [4.78, 5) is 14.0. The zero-order chi connectivity index (χ0) is 35.5. The summed E-state index contributed by atoms with van der Waals surface area (Å²) in [6.07, 6.45) is 16.1. The number of hydrogen-bond acceptors (Lipinski definition) is 4. The summed E-state index contributed by atoms with van der Waals surface area (Å²) in [7, 11) is 0. The van der Waals surface area contributed by atoms with Gasteiger partial charge in [0.05, 0.1) is 22.1 Å². The van der Waals surface area contributed by atoms with E-state index in [2.05, 4.69) is 124 Å². The summed E-state index contributed by atoms with van der Waals surface area (Å²) >= 11 is 0. The first kappa shape index (κ1) is 31.0. The Morgan fingerprint density at radius 1 is 0.642 bits per heavy atom. The summed E-state index contributed by atoms with van der Waals surface area (Å²) in [5.74, 6) is 1.82. The maximum Gasteiger partial charge on any atom is 0.137 e. The molecular weight excluding hydrogens is 649 g/mol. The first-order chi connectivity index (χ1) is 26.2. The highest BCUT2D eigenvalue weighted by molar-refractivity contribution is 6.15. The fourth-order valence-electron chi connectivity index (χ4n) is 8.48. The van der Waals surface area contributed by atoms with Gasteiger partial charge in [0.15, 0.2) is 0 Å². The van der Waals surface area contributed by atoms with Crippen LogP contribution < -0.4 is 5.73 Å². The second kappa shape index (κ2) is 12.5. The number of allylic oxidation sites excluding steroid dienone is 3. The van der Waals surface area contributed by atoms with Gasteiger partial charge in [0.2, 0.25) is 0 Å². The molecule has 10 rings (SSSR count). The molecule has 0 unspecified atom stereocenters. The molecule has 0 spiro atoms. The molecule has 5 aromatic heterocycles. The monoisotopic (exact) mass is 684 g/mol. The number of rotatable bonds is 6. The van der Waals surface area contributed by atoms with Crippen LogP contribution in [0.2, 0.25) is 0 Å². The first-order valence-electron chi connectivity index (χ1n) is 18.3. The molecule has 0 saturated heterocycles. The van der Waals surface area contributed by atoms with Gasteiger partial charge in [-0.3, -0.25) is 14.1 Å². The van der Waals surface area contributed by atoms with Gasteiger partial charge >= 0.3 is 0 Å². The first-order valence-corrected chi connectivity index (χ1v) is 18.3. The Bertz CT molecular complexity index is 2920. The average Bonchev–Trinajstić information content (AvgIpc) is 3.72. The van der Waals surface area contributed by atoms with E-state index < -0.39 is 0 Å². The molecule has 4 aromatic carbocycles. The lowest BCUT2D eigenvalue weighted by Gasteiger charge is -2.22. The van der Waals surface area contributed by atoms with Crippen molar-refractivity contribution in [2.45, 2.75) is 26.2 Å². The molecular formula is C47H36N6. The quantitative estimate of drug-likeness (QED) is 0.177. The van der Waals surface area contributed by atoms with Gasteiger partial charge in [-0.2, -0.15) is 0 Å². The summed E-state index contributed by atoms with van der Waals surface area (Å²) in [5.41, 5.74) is 20.4. The third-order valence-corrected chi connectivity index (χ3v) is 10.8. The van der Waals surface area contributed by atoms with E-state index in [-0.39, 0.29) is 0 Å². The molecule has 6 nitrogen and oxygen atoms in total. The van der Waals surface area contributed by atoms with Crippen LogP contribution in [0.5, 0.6) is 0 Å². The van der Waals surface area contributed by atoms with Crippen molar-refractivity contribution in [1.29, 1.82) is 0 Å². The SMILES string of the molecule is CC/C=C(\C=C/N)c1ccc2c(c1)c1ccc3c(c1n2-c1ccccn1)CCc1cc2c4cc(-c5ccncc5)ccc4n(-c4ccccn4)c2cc1-3. The van der Waals surface area contributed by atoms with Crippen LogP contribution in [0.1, 0.15) is 30.0 Å². The molecule has 0 saturated carbocycles. The normalized spacial score (nSPS) is 13.0. The topological polar surface area (TPSA) is 74.6 Å². The van der Waals surface area contributed by atoms with E-state index in [9.17, 15) is 0 Å². The minimum absolute atomic E-state index is 0.905. The molecule has 9 aromatic rings. The van der Waals surface area contributed by atoms with Gasteiger partial charge in [0, 0.05) is 46.3 Å². The molecule has 0 amide bonds. The van der Waals surface area contributed by atoms with Crippen molar-refractivity contribution < 1.29 is 0 Å². The van der Waals surface area contributed by atoms with Crippen LogP contribution in [0.15, 0.2) is 152 Å². The fourth-order valence-corrected chi connectivity index (χ4v) is 8.48. The number of nitrogens with zero attached hydrogens (tertiary/aromatic N) is 5. The molecule has 1 aliphatic carbocycles. The van der Waals surface area contributed by atoms with Crippen molar-refractivity contribution in [3.63, 3.8) is 0 Å². The number of nitrogens with two attached hydrogens (primary N) is 1. The molecule has 0 radical (unpaired) electrons. The van der Waals surface area contributed by atoms with Crippen LogP contribution in [0.25, 0.3) is 83.1 Å². The Hall–Kier alpha value is -6.79. The minimum Gasteiger partial charge on any atom is -0.405 e. The summed E-state index contributed by atoms with van der Waals surface area (Å²) in [6.45, 7) is 2.16. The standard InChI is InChI=1S/C47H36N6/c1-2-7-30(18-21-48)32-12-17-43-39(26-32)37-15-14-35-36(47(37)53(43)46-9-4-6-23-51-46)13-10-34-28-41-40-27-33(31-19-24-49-25-20-31)11-16-42(40)52(44(41)29-38(34)35)45-8-3-5-22-50-45/h3-9,11-12,14-29H,2,10,13,48H2,1H3/b21-18-,30-7+. The third-order valence-electron chi connectivity index (χ3n) is 10.8. The van der Waals surface area contributed by atoms with E-state index in [1.807, 2.05) is 43.0 Å². The molecule has 2 N–H and O–H groups in total. The zero-order valence-corrected chi connectivity index (χ0v) is 29.4. The number of hydrogen-bond donors (Lipinski definition) is 1. The van der Waals surface area contributed by atoms with Gasteiger partial charge in [-0.15, -0.1) is 0 Å². The second-order valence-electron chi connectivity index (χ2n) is 13.7. The molecule has 254 valence electrons. The number of aromatic nitrogens is 5. The zero-order valence-electron chi connectivity index (χ0n) is 29.4. The third kappa shape index (κ3) is 4.90. The van der Waals surface area contributed by atoms with Crippen molar-refractivity contribution in [3.05, 3.63) is 169 Å². The molecule has 1 aliphatic rings. The van der Waals surface area contributed by atoms with Crippen LogP contribution in [-0.4, -0.2) is 24.1 Å². The van der Waals surface area contributed by atoms with E-state index in [4.69, 9.17) is 15.7 Å². The second-order valence-corrected chi connectivity index (χ2v) is 13.7. The Morgan fingerprint density at radius 2 is 1.38 bits per heavy atom. The lowest BCUT2D eigenvalue weighted by molar-refractivity contribution is 0.941. The smallest absolute Gasteiger partial charge is 0.137 e. The van der Waals surface area contributed by atoms with Crippen molar-refractivity contribution in [2.24, 2.45) is 5.73 Å². The summed E-state index contributed by atoms with van der Waals surface area (Å²) < 4.78 is 4.68. The number of fused-ring (bicyclic) bond motifs is 10. The minimum atomic E-state index is 0.905. The summed E-state index contributed by atoms with van der Waals surface area (Å²) in [5, 5.41) is 4.90. The Morgan fingerprint density at radius 3 is 2.13 bits per heavy atom. The van der Waals surface area contributed by atoms with Gasteiger partial charge in [0.25, 0.3) is 0 Å². The molecule has 0 aliphatic heterocycles. The van der Waals surface area contributed by atoms with E-state index in [1.54, 1.807) is 6.20 Å². The van der Waals surface area contributed by atoms with Gasteiger partial charge in [-0.25, -0.2) is 9.97 Å². The molecule has 5 heterocycles. The van der Waals surface area contributed by atoms with E-state index >= 15 is 0 Å². The summed E-state index contributed by atoms with van der Waals surface area (Å²) in [6, 6.07) is 39.5. The van der Waals surface area contributed by atoms with Crippen LogP contribution in [-0.2, 0) is 12.8 Å². The van der Waals surface area contributed by atoms with Crippen molar-refractivity contribution in [2.75, 3.05) is 0 Å². The van der Waals surface area contributed by atoms with Gasteiger partial charge < -0.3 is 5.73 Å². The van der Waals surface area contributed by atoms with Gasteiger partial charge in [-0.1, -0.05) is 49.4 Å². The van der Waals surface area contributed by atoms with Crippen LogP contribution in [0, 0.1) is 0 Å². The Balaban J connectivity index is 1.24. The largest absolute Gasteiger partial charge is 0.405 e. The van der Waals surface area contributed by atoms with Gasteiger partial charge in [0.1, 0.15) is 11.6 Å².